The SMILES string of the molecule is CNCCN(C)C(=O)c1c(C)nn(-c2ccc(F)cc2)c1C.Cl. The number of aryl methyl sites for hydroxylation is 1. The van der Waals surface area contributed by atoms with E-state index in [0.717, 1.165) is 17.9 Å². The lowest BCUT2D eigenvalue weighted by molar-refractivity contribution is 0.0795. The van der Waals surface area contributed by atoms with Crippen molar-refractivity contribution in [2.75, 3.05) is 27.2 Å². The molecule has 7 heteroatoms. The van der Waals surface area contributed by atoms with Crippen LogP contribution in [0.4, 0.5) is 4.39 Å². The smallest absolute Gasteiger partial charge is 0.257 e. The second-order valence-electron chi connectivity index (χ2n) is 5.26. The van der Waals surface area contributed by atoms with E-state index in [1.165, 1.54) is 12.1 Å². The first-order valence-electron chi connectivity index (χ1n) is 7.18. The maximum Gasteiger partial charge on any atom is 0.257 e. The number of rotatable bonds is 5. The summed E-state index contributed by atoms with van der Waals surface area (Å²) in [4.78, 5) is 14.2. The lowest BCUT2D eigenvalue weighted by Crippen LogP contribution is -2.33. The van der Waals surface area contributed by atoms with Crippen molar-refractivity contribution in [1.29, 1.82) is 0 Å². The van der Waals surface area contributed by atoms with Gasteiger partial charge in [0.2, 0.25) is 0 Å². The summed E-state index contributed by atoms with van der Waals surface area (Å²) in [5.74, 6) is -0.355. The van der Waals surface area contributed by atoms with Crippen molar-refractivity contribution in [2.24, 2.45) is 0 Å². The monoisotopic (exact) mass is 340 g/mol. The van der Waals surface area contributed by atoms with Crippen LogP contribution in [-0.4, -0.2) is 47.8 Å². The fourth-order valence-corrected chi connectivity index (χ4v) is 2.36. The van der Waals surface area contributed by atoms with Gasteiger partial charge in [0.1, 0.15) is 5.82 Å². The predicted molar refractivity (Wildman–Crippen MR) is 91.1 cm³/mol. The first-order valence-corrected chi connectivity index (χ1v) is 7.18. The van der Waals surface area contributed by atoms with Crippen LogP contribution in [0.3, 0.4) is 0 Å². The van der Waals surface area contributed by atoms with Gasteiger partial charge in [-0.1, -0.05) is 0 Å². The average molecular weight is 341 g/mol. The Morgan fingerprint density at radius 2 is 1.91 bits per heavy atom. The van der Waals surface area contributed by atoms with Crippen molar-refractivity contribution in [2.45, 2.75) is 13.8 Å². The number of nitrogens with zero attached hydrogens (tertiary/aromatic N) is 3. The van der Waals surface area contributed by atoms with Gasteiger partial charge in [0.25, 0.3) is 5.91 Å². The predicted octanol–water partition coefficient (Wildman–Crippen LogP) is 2.34. The Balaban J connectivity index is 0.00000264. The summed E-state index contributed by atoms with van der Waals surface area (Å²) in [5, 5.41) is 7.45. The highest BCUT2D eigenvalue weighted by molar-refractivity contribution is 5.96. The van der Waals surface area contributed by atoms with Gasteiger partial charge in [-0.25, -0.2) is 9.07 Å². The van der Waals surface area contributed by atoms with Crippen molar-refractivity contribution in [3.63, 3.8) is 0 Å². The number of benzene rings is 1. The van der Waals surface area contributed by atoms with E-state index in [4.69, 9.17) is 0 Å². The minimum absolute atomic E-state index is 0. The van der Waals surface area contributed by atoms with Gasteiger partial charge in [-0.15, -0.1) is 12.4 Å². The fourth-order valence-electron chi connectivity index (χ4n) is 2.36. The zero-order valence-corrected chi connectivity index (χ0v) is 14.6. The maximum atomic E-state index is 13.0. The Morgan fingerprint density at radius 3 is 2.48 bits per heavy atom. The molecule has 0 unspecified atom stereocenters. The zero-order chi connectivity index (χ0) is 16.3. The van der Waals surface area contributed by atoms with Crippen molar-refractivity contribution in [3.8, 4) is 5.69 Å². The topological polar surface area (TPSA) is 50.2 Å². The minimum atomic E-state index is -0.298. The number of amides is 1. The first-order chi connectivity index (χ1) is 10.5. The molecule has 0 fully saturated rings. The van der Waals surface area contributed by atoms with E-state index >= 15 is 0 Å². The minimum Gasteiger partial charge on any atom is -0.340 e. The third-order valence-electron chi connectivity index (χ3n) is 3.62. The highest BCUT2D eigenvalue weighted by atomic mass is 35.5. The molecular weight excluding hydrogens is 319 g/mol. The zero-order valence-electron chi connectivity index (χ0n) is 13.8. The van der Waals surface area contributed by atoms with Crippen LogP contribution in [0.15, 0.2) is 24.3 Å². The normalized spacial score (nSPS) is 10.3. The quantitative estimate of drug-likeness (QED) is 0.909. The van der Waals surface area contributed by atoms with E-state index in [2.05, 4.69) is 10.4 Å². The molecule has 1 heterocycles. The highest BCUT2D eigenvalue weighted by Crippen LogP contribution is 2.19. The number of carbonyl (C=O) groups excluding carboxylic acids is 1. The van der Waals surface area contributed by atoms with Gasteiger partial charge in [0.05, 0.1) is 22.6 Å². The Hall–Kier alpha value is -1.92. The molecule has 0 atom stereocenters. The van der Waals surface area contributed by atoms with E-state index < -0.39 is 0 Å². The Bertz CT molecular complexity index is 669. The van der Waals surface area contributed by atoms with E-state index in [1.54, 1.807) is 28.8 Å². The molecular formula is C16H22ClFN4O. The van der Waals surface area contributed by atoms with Crippen LogP contribution in [0, 0.1) is 19.7 Å². The van der Waals surface area contributed by atoms with Gasteiger partial charge in [-0.05, 0) is 45.2 Å². The number of aromatic nitrogens is 2. The van der Waals surface area contributed by atoms with Gasteiger partial charge >= 0.3 is 0 Å². The molecule has 0 saturated heterocycles. The number of nitrogens with one attached hydrogen (secondary N) is 1. The molecule has 0 bridgehead atoms. The molecule has 5 nitrogen and oxygen atoms in total. The summed E-state index contributed by atoms with van der Waals surface area (Å²) >= 11 is 0. The number of likely N-dealkylation sites (N-methyl/N-ethyl adjacent to an activating group) is 2. The van der Waals surface area contributed by atoms with Crippen molar-refractivity contribution < 1.29 is 9.18 Å². The van der Waals surface area contributed by atoms with Crippen LogP contribution in [0.2, 0.25) is 0 Å². The van der Waals surface area contributed by atoms with Crippen molar-refractivity contribution in [1.82, 2.24) is 20.0 Å². The molecule has 0 aliphatic rings. The third kappa shape index (κ3) is 4.09. The molecule has 1 aromatic heterocycles. The molecule has 2 rings (SSSR count). The van der Waals surface area contributed by atoms with Gasteiger partial charge in [0, 0.05) is 20.1 Å². The van der Waals surface area contributed by atoms with Gasteiger partial charge in [-0.2, -0.15) is 5.10 Å². The fraction of sp³-hybridized carbons (Fsp3) is 0.375. The van der Waals surface area contributed by atoms with Gasteiger partial charge in [0.15, 0.2) is 0 Å². The third-order valence-corrected chi connectivity index (χ3v) is 3.62. The summed E-state index contributed by atoms with van der Waals surface area (Å²) < 4.78 is 14.7. The standard InChI is InChI=1S/C16H21FN4O.ClH/c1-11-15(16(22)20(4)10-9-18-3)12(2)21(19-11)14-7-5-13(17)6-8-14;/h5-8,18H,9-10H2,1-4H3;1H. The van der Waals surface area contributed by atoms with Crippen LogP contribution in [0.5, 0.6) is 0 Å². The van der Waals surface area contributed by atoms with Crippen LogP contribution < -0.4 is 5.32 Å². The number of carbonyl (C=O) groups is 1. The molecule has 126 valence electrons. The van der Waals surface area contributed by atoms with Crippen LogP contribution >= 0.6 is 12.4 Å². The molecule has 1 amide bonds. The molecule has 0 saturated carbocycles. The first kappa shape index (κ1) is 19.1. The van der Waals surface area contributed by atoms with Crippen LogP contribution in [-0.2, 0) is 0 Å². The average Bonchev–Trinajstić information content (AvgIpc) is 2.79. The second kappa shape index (κ2) is 8.08. The Morgan fingerprint density at radius 1 is 1.30 bits per heavy atom. The highest BCUT2D eigenvalue weighted by Gasteiger charge is 2.22. The summed E-state index contributed by atoms with van der Waals surface area (Å²) in [6.07, 6.45) is 0. The number of hydrogen-bond acceptors (Lipinski definition) is 3. The van der Waals surface area contributed by atoms with Gasteiger partial charge < -0.3 is 10.2 Å². The Labute approximate surface area is 141 Å². The molecule has 2 aromatic rings. The van der Waals surface area contributed by atoms with Gasteiger partial charge in [-0.3, -0.25) is 4.79 Å². The Kier molecular flexibility index (Phi) is 6.72. The van der Waals surface area contributed by atoms with Crippen molar-refractivity contribution in [3.05, 3.63) is 47.0 Å². The summed E-state index contributed by atoms with van der Waals surface area (Å²) in [5.41, 5.74) is 2.76. The lowest BCUT2D eigenvalue weighted by Gasteiger charge is -2.17. The van der Waals surface area contributed by atoms with Crippen LogP contribution in [0.1, 0.15) is 21.7 Å². The lowest BCUT2D eigenvalue weighted by atomic mass is 10.1. The summed E-state index contributed by atoms with van der Waals surface area (Å²) in [6.45, 7) is 5.01. The summed E-state index contributed by atoms with van der Waals surface area (Å²) in [6, 6.07) is 6.06. The van der Waals surface area contributed by atoms with Crippen LogP contribution in [0.25, 0.3) is 5.69 Å². The molecule has 0 aliphatic carbocycles. The van der Waals surface area contributed by atoms with E-state index in [9.17, 15) is 9.18 Å². The number of hydrogen-bond donors (Lipinski definition) is 1. The van der Waals surface area contributed by atoms with E-state index in [-0.39, 0.29) is 24.1 Å². The summed E-state index contributed by atoms with van der Waals surface area (Å²) in [7, 11) is 3.62. The molecule has 23 heavy (non-hydrogen) atoms. The van der Waals surface area contributed by atoms with Crippen molar-refractivity contribution >= 4 is 18.3 Å². The second-order valence-corrected chi connectivity index (χ2v) is 5.26. The molecule has 1 N–H and O–H groups in total. The molecule has 0 spiro atoms. The maximum absolute atomic E-state index is 13.0. The molecule has 0 aliphatic heterocycles. The molecule has 0 radical (unpaired) electrons. The molecule has 1 aromatic carbocycles. The van der Waals surface area contributed by atoms with E-state index in [1.807, 2.05) is 20.9 Å². The number of halogens is 2. The van der Waals surface area contributed by atoms with E-state index in [0.29, 0.717) is 17.8 Å². The largest absolute Gasteiger partial charge is 0.340 e.